The molecule has 5 rings (SSSR count). The molecular formula is C24H21ClN2O6. The minimum absolute atomic E-state index is 0.00439. The summed E-state index contributed by atoms with van der Waals surface area (Å²) in [5.41, 5.74) is 1.26. The molecule has 0 aromatic heterocycles. The first-order valence-electron chi connectivity index (χ1n) is 10.6. The van der Waals surface area contributed by atoms with Crippen molar-refractivity contribution in [3.63, 3.8) is 0 Å². The maximum absolute atomic E-state index is 13.5. The quantitative estimate of drug-likeness (QED) is 0.456. The van der Waals surface area contributed by atoms with Crippen LogP contribution in [-0.2, 0) is 9.59 Å². The third kappa shape index (κ3) is 3.64. The first-order valence-corrected chi connectivity index (χ1v) is 10.9. The van der Waals surface area contributed by atoms with Gasteiger partial charge in [-0.2, -0.15) is 0 Å². The molecule has 0 N–H and O–H groups in total. The van der Waals surface area contributed by atoms with Gasteiger partial charge in [0, 0.05) is 41.1 Å². The Hall–Kier alpha value is -3.39. The summed E-state index contributed by atoms with van der Waals surface area (Å²) in [6.07, 6.45) is 0.767. The molecule has 1 aliphatic carbocycles. The molecule has 33 heavy (non-hydrogen) atoms. The molecule has 1 unspecified atom stereocenters. The summed E-state index contributed by atoms with van der Waals surface area (Å²) in [6.45, 7) is 4.03. The smallest absolute Gasteiger partial charge is 0.294 e. The number of ether oxygens (including phenoxy) is 2. The van der Waals surface area contributed by atoms with Crippen molar-refractivity contribution in [1.82, 2.24) is 0 Å². The van der Waals surface area contributed by atoms with Crippen LogP contribution < -0.4 is 14.4 Å². The van der Waals surface area contributed by atoms with E-state index in [9.17, 15) is 19.7 Å². The average Bonchev–Trinajstić information content (AvgIpc) is 3.20. The molecule has 2 heterocycles. The van der Waals surface area contributed by atoms with E-state index >= 15 is 0 Å². The van der Waals surface area contributed by atoms with Crippen LogP contribution in [0.4, 0.5) is 11.4 Å². The van der Waals surface area contributed by atoms with Crippen LogP contribution in [0.1, 0.15) is 44.6 Å². The van der Waals surface area contributed by atoms with Crippen LogP contribution in [-0.4, -0.2) is 23.4 Å². The molecule has 0 saturated heterocycles. The lowest BCUT2D eigenvalue weighted by Gasteiger charge is -2.42. The second-order valence-electron chi connectivity index (χ2n) is 9.29. The van der Waals surface area contributed by atoms with Crippen molar-refractivity contribution in [3.8, 4) is 11.5 Å². The minimum atomic E-state index is -0.561. The number of halogens is 1. The van der Waals surface area contributed by atoms with Crippen LogP contribution in [0.2, 0.25) is 5.02 Å². The Kier molecular flexibility index (Phi) is 4.93. The number of carbonyl (C=O) groups is 2. The number of rotatable bonds is 3. The number of nitro groups is 1. The first kappa shape index (κ1) is 21.5. The van der Waals surface area contributed by atoms with Gasteiger partial charge < -0.3 is 9.47 Å². The van der Waals surface area contributed by atoms with Gasteiger partial charge in [-0.15, -0.1) is 0 Å². The van der Waals surface area contributed by atoms with Gasteiger partial charge in [0.1, 0.15) is 5.69 Å². The lowest BCUT2D eigenvalue weighted by molar-refractivity contribution is -0.384. The van der Waals surface area contributed by atoms with Gasteiger partial charge >= 0.3 is 0 Å². The number of benzene rings is 2. The fourth-order valence-electron chi connectivity index (χ4n) is 4.94. The lowest BCUT2D eigenvalue weighted by Crippen LogP contribution is -2.44. The van der Waals surface area contributed by atoms with Crippen molar-refractivity contribution in [3.05, 3.63) is 68.4 Å². The van der Waals surface area contributed by atoms with E-state index in [1.54, 1.807) is 12.1 Å². The largest absolute Gasteiger partial charge is 0.454 e. The number of Topliss-reactive ketones (excluding diaryl/α,β-unsaturated/α-hetero) is 1. The van der Waals surface area contributed by atoms with Crippen LogP contribution in [0.15, 0.2) is 47.7 Å². The van der Waals surface area contributed by atoms with Crippen LogP contribution >= 0.6 is 11.6 Å². The standard InChI is InChI=1S/C24H21ClN2O6/c1-24(2)10-18-23(19(28)11-24)15(13-3-6-20-21(7-13)33-12-32-20)9-22(29)26(18)16-5-4-14(25)8-17(16)27(30)31/h3-8,15H,9-12H2,1-2H3. The van der Waals surface area contributed by atoms with E-state index in [1.807, 2.05) is 19.9 Å². The predicted octanol–water partition coefficient (Wildman–Crippen LogP) is 5.14. The Morgan fingerprint density at radius 2 is 1.85 bits per heavy atom. The number of ketones is 1. The summed E-state index contributed by atoms with van der Waals surface area (Å²) < 4.78 is 10.9. The second-order valence-corrected chi connectivity index (χ2v) is 9.73. The van der Waals surface area contributed by atoms with Crippen LogP contribution in [0, 0.1) is 15.5 Å². The number of hydrogen-bond donors (Lipinski definition) is 0. The molecule has 3 aliphatic rings. The number of amides is 1. The number of hydrogen-bond acceptors (Lipinski definition) is 6. The molecule has 0 saturated carbocycles. The molecule has 0 spiro atoms. The minimum Gasteiger partial charge on any atom is -0.454 e. The topological polar surface area (TPSA) is 99.0 Å². The van der Waals surface area contributed by atoms with Crippen LogP contribution in [0.3, 0.4) is 0 Å². The van der Waals surface area contributed by atoms with E-state index in [0.717, 1.165) is 5.56 Å². The van der Waals surface area contributed by atoms with E-state index in [4.69, 9.17) is 21.1 Å². The van der Waals surface area contributed by atoms with Gasteiger partial charge in [0.25, 0.3) is 5.69 Å². The molecule has 0 bridgehead atoms. The van der Waals surface area contributed by atoms with E-state index in [1.165, 1.54) is 23.1 Å². The van der Waals surface area contributed by atoms with E-state index in [0.29, 0.717) is 35.6 Å². The third-order valence-corrected chi connectivity index (χ3v) is 6.55. The van der Waals surface area contributed by atoms with Gasteiger partial charge in [0.15, 0.2) is 17.3 Å². The average molecular weight is 469 g/mol. The molecule has 0 radical (unpaired) electrons. The highest BCUT2D eigenvalue weighted by Crippen LogP contribution is 2.50. The SMILES string of the molecule is CC1(C)CC(=O)C2=C(C1)N(c1ccc(Cl)cc1[N+](=O)[O-])C(=O)CC2c1ccc2c(c1)OCO2. The van der Waals surface area contributed by atoms with Crippen molar-refractivity contribution >= 4 is 34.7 Å². The third-order valence-electron chi connectivity index (χ3n) is 6.32. The molecular weight excluding hydrogens is 448 g/mol. The second kappa shape index (κ2) is 7.59. The summed E-state index contributed by atoms with van der Waals surface area (Å²) in [4.78, 5) is 39.5. The highest BCUT2D eigenvalue weighted by atomic mass is 35.5. The first-order chi connectivity index (χ1) is 15.6. The summed E-state index contributed by atoms with van der Waals surface area (Å²) >= 11 is 6.00. The number of nitro benzene ring substituents is 1. The van der Waals surface area contributed by atoms with Crippen LogP contribution in [0.25, 0.3) is 0 Å². The molecule has 2 aromatic carbocycles. The lowest BCUT2D eigenvalue weighted by atomic mass is 9.69. The highest BCUT2D eigenvalue weighted by molar-refractivity contribution is 6.31. The van der Waals surface area contributed by atoms with E-state index in [2.05, 4.69) is 0 Å². The van der Waals surface area contributed by atoms with Crippen LogP contribution in [0.5, 0.6) is 11.5 Å². The maximum atomic E-state index is 13.5. The van der Waals surface area contributed by atoms with Gasteiger partial charge in [-0.3, -0.25) is 24.6 Å². The molecule has 9 heteroatoms. The van der Waals surface area contributed by atoms with Gasteiger partial charge in [0.2, 0.25) is 12.7 Å². The zero-order valence-electron chi connectivity index (χ0n) is 18.1. The molecule has 2 aliphatic heterocycles. The molecule has 170 valence electrons. The molecule has 1 amide bonds. The monoisotopic (exact) mass is 468 g/mol. The Labute approximate surface area is 194 Å². The number of anilines is 1. The van der Waals surface area contributed by atoms with Crippen molar-refractivity contribution in [2.24, 2.45) is 5.41 Å². The Morgan fingerprint density at radius 1 is 1.09 bits per heavy atom. The highest BCUT2D eigenvalue weighted by Gasteiger charge is 2.45. The number of fused-ring (bicyclic) bond motifs is 1. The predicted molar refractivity (Wildman–Crippen MR) is 121 cm³/mol. The fraction of sp³-hybridized carbons (Fsp3) is 0.333. The normalized spacial score (nSPS) is 21.3. The van der Waals surface area contributed by atoms with E-state index in [-0.39, 0.29) is 41.3 Å². The number of carbonyl (C=O) groups excluding carboxylic acids is 2. The summed E-state index contributed by atoms with van der Waals surface area (Å²) in [6, 6.07) is 9.62. The summed E-state index contributed by atoms with van der Waals surface area (Å²) in [5.74, 6) is 0.352. The van der Waals surface area contributed by atoms with Gasteiger partial charge in [-0.05, 0) is 41.7 Å². The summed E-state index contributed by atoms with van der Waals surface area (Å²) in [7, 11) is 0. The number of allylic oxidation sites excluding steroid dienone is 2. The van der Waals surface area contributed by atoms with Gasteiger partial charge in [0.05, 0.1) is 4.92 Å². The molecule has 8 nitrogen and oxygen atoms in total. The number of nitrogens with zero attached hydrogens (tertiary/aromatic N) is 2. The Balaban J connectivity index is 1.70. The fourth-order valence-corrected chi connectivity index (χ4v) is 5.11. The van der Waals surface area contributed by atoms with E-state index < -0.39 is 16.3 Å². The molecule has 0 fully saturated rings. The van der Waals surface area contributed by atoms with Gasteiger partial charge in [-0.25, -0.2) is 0 Å². The Bertz CT molecular complexity index is 1250. The van der Waals surface area contributed by atoms with Crippen molar-refractivity contribution in [1.29, 1.82) is 0 Å². The Morgan fingerprint density at radius 3 is 2.61 bits per heavy atom. The summed E-state index contributed by atoms with van der Waals surface area (Å²) in [5, 5.41) is 12.0. The molecule has 2 aromatic rings. The van der Waals surface area contributed by atoms with Crippen molar-refractivity contribution < 1.29 is 24.0 Å². The zero-order valence-corrected chi connectivity index (χ0v) is 18.8. The van der Waals surface area contributed by atoms with Crippen molar-refractivity contribution in [2.75, 3.05) is 11.7 Å². The van der Waals surface area contributed by atoms with Crippen molar-refractivity contribution in [2.45, 2.75) is 39.0 Å². The van der Waals surface area contributed by atoms with Gasteiger partial charge in [-0.1, -0.05) is 31.5 Å². The zero-order chi connectivity index (χ0) is 23.5. The molecule has 1 atom stereocenters. The maximum Gasteiger partial charge on any atom is 0.294 e.